The molecule has 14 heteroatoms. The molecular formula is C35H48INO12. The fourth-order valence-electron chi connectivity index (χ4n) is 3.90. The molecule has 2 rings (SSSR count). The van der Waals surface area contributed by atoms with Crippen LogP contribution in [0.1, 0.15) is 17.5 Å². The average Bonchev–Trinajstić information content (AvgIpc) is 3.11. The van der Waals surface area contributed by atoms with Gasteiger partial charge in [-0.05, 0) is 47.5 Å². The minimum atomic E-state index is -0.350. The number of ether oxygens (including phenoxy) is 8. The summed E-state index contributed by atoms with van der Waals surface area (Å²) in [5.41, 5.74) is 7.01. The van der Waals surface area contributed by atoms with E-state index in [9.17, 15) is 9.59 Å². The summed E-state index contributed by atoms with van der Waals surface area (Å²) < 4.78 is 45.1. The van der Waals surface area contributed by atoms with Crippen molar-refractivity contribution in [2.45, 2.75) is 6.42 Å². The van der Waals surface area contributed by atoms with Crippen LogP contribution in [0.5, 0.6) is 23.0 Å². The molecule has 0 bridgehead atoms. The van der Waals surface area contributed by atoms with Crippen LogP contribution < -0.4 is 24.7 Å². The molecule has 0 aliphatic carbocycles. The van der Waals surface area contributed by atoms with E-state index < -0.39 is 0 Å². The molecule has 0 radical (unpaired) electrons. The first kappa shape index (κ1) is 42.1. The Hall–Kier alpha value is -3.09. The third kappa shape index (κ3) is 19.6. The number of nitrogens with two attached hydrogens (primary N) is 1. The lowest BCUT2D eigenvalue weighted by molar-refractivity contribution is -0.121. The monoisotopic (exact) mass is 801 g/mol. The van der Waals surface area contributed by atoms with Gasteiger partial charge in [-0.15, -0.1) is 0 Å². The molecular weight excluding hydrogens is 753 g/mol. The molecule has 0 aliphatic rings. The minimum absolute atomic E-state index is 0.0247. The minimum Gasteiger partial charge on any atom is -0.489 e. The van der Waals surface area contributed by atoms with E-state index in [0.717, 1.165) is 9.99 Å². The summed E-state index contributed by atoms with van der Waals surface area (Å²) in [4.78, 5) is 25.1. The van der Waals surface area contributed by atoms with Crippen molar-refractivity contribution in [1.29, 1.82) is 0 Å². The topological polar surface area (TPSA) is 174 Å². The van der Waals surface area contributed by atoms with Crippen molar-refractivity contribution in [3.8, 4) is 23.0 Å². The summed E-state index contributed by atoms with van der Waals surface area (Å²) in [6.07, 6.45) is 5.67. The summed E-state index contributed by atoms with van der Waals surface area (Å²) in [5, 5.41) is 17.4. The Labute approximate surface area is 301 Å². The van der Waals surface area contributed by atoms with Gasteiger partial charge in [0.1, 0.15) is 19.8 Å². The predicted molar refractivity (Wildman–Crippen MR) is 193 cm³/mol. The zero-order valence-electron chi connectivity index (χ0n) is 27.7. The van der Waals surface area contributed by atoms with E-state index in [2.05, 4.69) is 22.6 Å². The molecule has 2 aromatic rings. The summed E-state index contributed by atoms with van der Waals surface area (Å²) >= 11 is 2.22. The Bertz CT molecular complexity index is 1180. The van der Waals surface area contributed by atoms with E-state index in [1.54, 1.807) is 48.6 Å². The number of aliphatic hydroxyl groups is 2. The van der Waals surface area contributed by atoms with Gasteiger partial charge in [-0.3, -0.25) is 9.59 Å². The maximum Gasteiger partial charge on any atom is 0.163 e. The number of benzene rings is 2. The fourth-order valence-corrected chi connectivity index (χ4v) is 4.12. The number of rotatable bonds is 30. The van der Waals surface area contributed by atoms with Crippen LogP contribution in [0.3, 0.4) is 0 Å². The molecule has 4 N–H and O–H groups in total. The second kappa shape index (κ2) is 27.7. The van der Waals surface area contributed by atoms with Gasteiger partial charge in [0.25, 0.3) is 0 Å². The Balaban J connectivity index is 1.88. The highest BCUT2D eigenvalue weighted by Crippen LogP contribution is 2.30. The lowest BCUT2D eigenvalue weighted by Crippen LogP contribution is -2.13. The first-order valence-electron chi connectivity index (χ1n) is 16.0. The average molecular weight is 802 g/mol. The maximum absolute atomic E-state index is 12.6. The molecule has 0 heterocycles. The van der Waals surface area contributed by atoms with Crippen LogP contribution in [-0.2, 0) is 28.5 Å². The third-order valence-electron chi connectivity index (χ3n) is 6.10. The number of alkyl halides is 1. The van der Waals surface area contributed by atoms with Gasteiger partial charge < -0.3 is 53.8 Å². The summed E-state index contributed by atoms with van der Waals surface area (Å²) in [6.45, 7) is 4.42. The van der Waals surface area contributed by atoms with Crippen molar-refractivity contribution in [1.82, 2.24) is 0 Å². The molecule has 0 aliphatic heterocycles. The smallest absolute Gasteiger partial charge is 0.163 e. The Morgan fingerprint density at radius 3 is 1.41 bits per heavy atom. The SMILES string of the molecule is NCCOc1cc(/C=C/C(=O)CC(=O)/C=C/c2ccc(OCCOCCOCCO)c(OCCI)c2)ccc1OCCOCCOCCO. The lowest BCUT2D eigenvalue weighted by atomic mass is 10.1. The number of allylic oxidation sites excluding steroid dienone is 2. The lowest BCUT2D eigenvalue weighted by Gasteiger charge is -2.13. The zero-order valence-corrected chi connectivity index (χ0v) is 29.9. The molecule has 0 aromatic heterocycles. The second-order valence-electron chi connectivity index (χ2n) is 9.96. The fraction of sp³-hybridized carbons (Fsp3) is 0.486. The van der Waals surface area contributed by atoms with Gasteiger partial charge in [-0.25, -0.2) is 0 Å². The van der Waals surface area contributed by atoms with E-state index in [0.29, 0.717) is 88.0 Å². The molecule has 0 unspecified atom stereocenters. The van der Waals surface area contributed by atoms with Crippen molar-refractivity contribution < 1.29 is 57.7 Å². The van der Waals surface area contributed by atoms with Crippen LogP contribution in [-0.4, -0.2) is 125 Å². The van der Waals surface area contributed by atoms with Crippen molar-refractivity contribution in [3.05, 3.63) is 59.7 Å². The normalized spacial score (nSPS) is 11.3. The van der Waals surface area contributed by atoms with E-state index in [1.165, 1.54) is 12.2 Å². The second-order valence-corrected chi connectivity index (χ2v) is 11.0. The number of carbonyl (C=O) groups excluding carboxylic acids is 2. The van der Waals surface area contributed by atoms with Gasteiger partial charge >= 0.3 is 0 Å². The van der Waals surface area contributed by atoms with Crippen LogP contribution in [0.4, 0.5) is 0 Å². The maximum atomic E-state index is 12.6. The van der Waals surface area contributed by atoms with Gasteiger partial charge in [0, 0.05) is 11.0 Å². The molecule has 49 heavy (non-hydrogen) atoms. The third-order valence-corrected chi connectivity index (χ3v) is 6.54. The van der Waals surface area contributed by atoms with Gasteiger partial charge in [0.05, 0.1) is 79.1 Å². The van der Waals surface area contributed by atoms with E-state index >= 15 is 0 Å². The van der Waals surface area contributed by atoms with Gasteiger partial charge in [0.2, 0.25) is 0 Å². The van der Waals surface area contributed by atoms with Crippen LogP contribution in [0.25, 0.3) is 12.2 Å². The van der Waals surface area contributed by atoms with E-state index in [-0.39, 0.29) is 57.6 Å². The number of halogens is 1. The van der Waals surface area contributed by atoms with E-state index in [4.69, 9.17) is 53.8 Å². The zero-order chi connectivity index (χ0) is 35.4. The molecule has 0 spiro atoms. The van der Waals surface area contributed by atoms with Crippen LogP contribution in [0.2, 0.25) is 0 Å². The van der Waals surface area contributed by atoms with Crippen molar-refractivity contribution in [2.75, 3.05) is 103 Å². The molecule has 0 fully saturated rings. The number of aliphatic hydroxyl groups excluding tert-OH is 2. The van der Waals surface area contributed by atoms with Gasteiger partial charge in [-0.2, -0.15) is 0 Å². The van der Waals surface area contributed by atoms with Crippen molar-refractivity contribution in [3.63, 3.8) is 0 Å². The van der Waals surface area contributed by atoms with Crippen molar-refractivity contribution in [2.24, 2.45) is 5.73 Å². The molecule has 0 atom stereocenters. The quantitative estimate of drug-likeness (QED) is 0.0347. The molecule has 2 aromatic carbocycles. The molecule has 0 saturated carbocycles. The molecule has 0 amide bonds. The number of carbonyl (C=O) groups is 2. The standard InChI is InChI=1S/C35H48INO12/c36-9-13-46-34-25-28(3-7-32(34)48-23-21-44-19-17-42-15-11-38)1-5-30(40)27-31(41)6-2-29-4-8-33(35(26-29)47-14-10-37)49-24-22-45-20-18-43-16-12-39/h1-8,25-26,38-39H,9-24,27,37H2/b5-1+,6-2+. The summed E-state index contributed by atoms with van der Waals surface area (Å²) in [7, 11) is 0. The highest BCUT2D eigenvalue weighted by Gasteiger charge is 2.10. The van der Waals surface area contributed by atoms with E-state index in [1.807, 2.05) is 0 Å². The predicted octanol–water partition coefficient (Wildman–Crippen LogP) is 2.90. The van der Waals surface area contributed by atoms with Gasteiger partial charge in [-0.1, -0.05) is 46.9 Å². The Morgan fingerprint density at radius 2 is 0.980 bits per heavy atom. The van der Waals surface area contributed by atoms with Crippen LogP contribution >= 0.6 is 22.6 Å². The highest BCUT2D eigenvalue weighted by molar-refractivity contribution is 14.1. The molecule has 272 valence electrons. The van der Waals surface area contributed by atoms with Gasteiger partial charge in [0.15, 0.2) is 34.6 Å². The van der Waals surface area contributed by atoms with Crippen LogP contribution in [0, 0.1) is 0 Å². The highest BCUT2D eigenvalue weighted by atomic mass is 127. The first-order chi connectivity index (χ1) is 24.0. The number of ketones is 2. The number of hydrogen-bond acceptors (Lipinski definition) is 13. The Morgan fingerprint density at radius 1 is 0.571 bits per heavy atom. The summed E-state index contributed by atoms with van der Waals surface area (Å²) in [6, 6.07) is 10.6. The first-order valence-corrected chi connectivity index (χ1v) is 17.5. The largest absolute Gasteiger partial charge is 0.489 e. The van der Waals surface area contributed by atoms with Crippen LogP contribution in [0.15, 0.2) is 48.6 Å². The molecule has 13 nitrogen and oxygen atoms in total. The summed E-state index contributed by atoms with van der Waals surface area (Å²) in [5.74, 6) is 1.37. The number of hydrogen-bond donors (Lipinski definition) is 3. The Kier molecular flexibility index (Phi) is 23.8. The molecule has 0 saturated heterocycles. The van der Waals surface area contributed by atoms with Crippen molar-refractivity contribution >= 4 is 46.3 Å².